The Labute approximate surface area is 149 Å². The van der Waals surface area contributed by atoms with E-state index in [0.717, 1.165) is 22.0 Å². The fraction of sp³-hybridized carbons (Fsp3) is 0.222. The van der Waals surface area contributed by atoms with E-state index in [4.69, 9.17) is 5.73 Å². The van der Waals surface area contributed by atoms with Gasteiger partial charge in [0.2, 0.25) is 0 Å². The minimum absolute atomic E-state index is 0.0312. The molecule has 0 aliphatic rings. The number of benzene rings is 1. The van der Waals surface area contributed by atoms with Crippen molar-refractivity contribution < 1.29 is 4.79 Å². The lowest BCUT2D eigenvalue weighted by Crippen LogP contribution is -2.28. The van der Waals surface area contributed by atoms with Crippen LogP contribution in [0.5, 0.6) is 0 Å². The number of aromatic nitrogens is 2. The normalized spacial score (nSPS) is 11.0. The van der Waals surface area contributed by atoms with Crippen molar-refractivity contribution in [1.82, 2.24) is 14.5 Å². The van der Waals surface area contributed by atoms with Crippen molar-refractivity contribution in [2.24, 2.45) is 5.73 Å². The molecule has 0 aliphatic carbocycles. The van der Waals surface area contributed by atoms with Gasteiger partial charge in [-0.3, -0.25) is 4.79 Å². The topological polar surface area (TPSA) is 63.6 Å². The summed E-state index contributed by atoms with van der Waals surface area (Å²) in [4.78, 5) is 14.5. The van der Waals surface area contributed by atoms with Crippen molar-refractivity contribution in [2.75, 3.05) is 13.6 Å². The lowest BCUT2D eigenvalue weighted by Gasteiger charge is -2.16. The number of hydrogen-bond donors (Lipinski definition) is 1. The van der Waals surface area contributed by atoms with Crippen LogP contribution in [0.25, 0.3) is 5.52 Å². The van der Waals surface area contributed by atoms with Gasteiger partial charge in [0.05, 0.1) is 17.3 Å². The molecule has 6 heteroatoms. The standard InChI is InChI=1S/C18H19BrN4O/c1-22(8-6-13-2-4-15(19)5-3-13)18(24)16-12-21-23-9-7-14(11-20)10-17(16)23/h2-5,7,9-10,12H,6,8,11,20H2,1H3. The minimum Gasteiger partial charge on any atom is -0.341 e. The van der Waals surface area contributed by atoms with Gasteiger partial charge in [0.25, 0.3) is 5.91 Å². The number of nitrogens with two attached hydrogens (primary N) is 1. The van der Waals surface area contributed by atoms with Crippen LogP contribution in [-0.4, -0.2) is 34.0 Å². The molecule has 3 aromatic rings. The van der Waals surface area contributed by atoms with Crippen molar-refractivity contribution in [3.05, 3.63) is 70.0 Å². The Morgan fingerprint density at radius 3 is 2.71 bits per heavy atom. The number of carbonyl (C=O) groups is 1. The van der Waals surface area contributed by atoms with Crippen molar-refractivity contribution >= 4 is 27.4 Å². The first-order valence-electron chi connectivity index (χ1n) is 7.74. The molecule has 1 amide bonds. The number of carbonyl (C=O) groups excluding carboxylic acids is 1. The van der Waals surface area contributed by atoms with Crippen LogP contribution >= 0.6 is 15.9 Å². The lowest BCUT2D eigenvalue weighted by atomic mass is 10.1. The van der Waals surface area contributed by atoms with Gasteiger partial charge in [0.15, 0.2) is 0 Å². The maximum Gasteiger partial charge on any atom is 0.257 e. The molecule has 3 rings (SSSR count). The molecule has 0 atom stereocenters. The molecule has 2 N–H and O–H groups in total. The van der Waals surface area contributed by atoms with E-state index >= 15 is 0 Å². The Morgan fingerprint density at radius 2 is 2.00 bits per heavy atom. The first-order chi connectivity index (χ1) is 11.6. The van der Waals surface area contributed by atoms with Crippen LogP contribution in [0.2, 0.25) is 0 Å². The molecule has 24 heavy (non-hydrogen) atoms. The highest BCUT2D eigenvalue weighted by molar-refractivity contribution is 9.10. The second-order valence-electron chi connectivity index (χ2n) is 5.73. The van der Waals surface area contributed by atoms with Crippen LogP contribution in [-0.2, 0) is 13.0 Å². The molecule has 0 spiro atoms. The number of nitrogens with zero attached hydrogens (tertiary/aromatic N) is 3. The van der Waals surface area contributed by atoms with Crippen molar-refractivity contribution in [3.63, 3.8) is 0 Å². The third kappa shape index (κ3) is 3.49. The van der Waals surface area contributed by atoms with Gasteiger partial charge in [-0.1, -0.05) is 28.1 Å². The summed E-state index contributed by atoms with van der Waals surface area (Å²) >= 11 is 3.43. The molecule has 124 valence electrons. The van der Waals surface area contributed by atoms with E-state index in [1.165, 1.54) is 5.56 Å². The molecule has 0 aliphatic heterocycles. The van der Waals surface area contributed by atoms with Crippen molar-refractivity contribution in [1.29, 1.82) is 0 Å². The number of pyridine rings is 1. The van der Waals surface area contributed by atoms with E-state index in [-0.39, 0.29) is 5.91 Å². The van der Waals surface area contributed by atoms with E-state index in [2.05, 4.69) is 33.2 Å². The van der Waals surface area contributed by atoms with Crippen LogP contribution in [0.1, 0.15) is 21.5 Å². The van der Waals surface area contributed by atoms with Gasteiger partial charge in [-0.25, -0.2) is 4.52 Å². The highest BCUT2D eigenvalue weighted by atomic mass is 79.9. The highest BCUT2D eigenvalue weighted by Crippen LogP contribution is 2.15. The monoisotopic (exact) mass is 386 g/mol. The van der Waals surface area contributed by atoms with E-state index < -0.39 is 0 Å². The number of hydrogen-bond acceptors (Lipinski definition) is 3. The molecule has 0 saturated carbocycles. The molecule has 1 aromatic carbocycles. The average molecular weight is 387 g/mol. The molecular weight excluding hydrogens is 368 g/mol. The van der Waals surface area contributed by atoms with Crippen LogP contribution < -0.4 is 5.73 Å². The Kier molecular flexibility index (Phi) is 4.97. The van der Waals surface area contributed by atoms with Crippen molar-refractivity contribution in [2.45, 2.75) is 13.0 Å². The maximum atomic E-state index is 12.7. The Morgan fingerprint density at radius 1 is 1.25 bits per heavy atom. The molecule has 2 heterocycles. The van der Waals surface area contributed by atoms with Gasteiger partial charge in [0, 0.05) is 30.8 Å². The summed E-state index contributed by atoms with van der Waals surface area (Å²) in [6, 6.07) is 12.0. The molecule has 0 bridgehead atoms. The largest absolute Gasteiger partial charge is 0.341 e. The summed E-state index contributed by atoms with van der Waals surface area (Å²) in [6.45, 7) is 1.09. The smallest absolute Gasteiger partial charge is 0.257 e. The fourth-order valence-electron chi connectivity index (χ4n) is 2.57. The number of halogens is 1. The van der Waals surface area contributed by atoms with E-state index in [1.807, 2.05) is 37.5 Å². The van der Waals surface area contributed by atoms with Gasteiger partial charge in [-0.2, -0.15) is 5.10 Å². The van der Waals surface area contributed by atoms with E-state index in [0.29, 0.717) is 18.7 Å². The summed E-state index contributed by atoms with van der Waals surface area (Å²) in [5.74, 6) is -0.0312. The van der Waals surface area contributed by atoms with Gasteiger partial charge in [0.1, 0.15) is 0 Å². The molecule has 0 fully saturated rings. The average Bonchev–Trinajstić information content (AvgIpc) is 3.03. The summed E-state index contributed by atoms with van der Waals surface area (Å²) in [5, 5.41) is 4.25. The Balaban J connectivity index is 1.74. The number of likely N-dealkylation sites (N-methyl/N-ethyl adjacent to an activating group) is 1. The summed E-state index contributed by atoms with van der Waals surface area (Å²) in [6.07, 6.45) is 4.26. The molecule has 0 radical (unpaired) electrons. The quantitative estimate of drug-likeness (QED) is 0.732. The van der Waals surface area contributed by atoms with Crippen LogP contribution in [0.3, 0.4) is 0 Å². The summed E-state index contributed by atoms with van der Waals surface area (Å²) < 4.78 is 2.76. The molecular formula is C18H19BrN4O. The van der Waals surface area contributed by atoms with Crippen LogP contribution in [0.4, 0.5) is 0 Å². The fourth-order valence-corrected chi connectivity index (χ4v) is 2.84. The van der Waals surface area contributed by atoms with Crippen LogP contribution in [0.15, 0.2) is 53.3 Å². The second kappa shape index (κ2) is 7.15. The first kappa shape index (κ1) is 16.7. The molecule has 5 nitrogen and oxygen atoms in total. The zero-order valence-electron chi connectivity index (χ0n) is 13.4. The number of amides is 1. The van der Waals surface area contributed by atoms with Gasteiger partial charge < -0.3 is 10.6 Å². The summed E-state index contributed by atoms with van der Waals surface area (Å²) in [5.41, 5.74) is 9.26. The second-order valence-corrected chi connectivity index (χ2v) is 6.65. The van der Waals surface area contributed by atoms with Gasteiger partial charge in [-0.05, 0) is 41.8 Å². The minimum atomic E-state index is -0.0312. The zero-order valence-corrected chi connectivity index (χ0v) is 15.0. The predicted molar refractivity (Wildman–Crippen MR) is 97.9 cm³/mol. The summed E-state index contributed by atoms with van der Waals surface area (Å²) in [7, 11) is 1.82. The first-order valence-corrected chi connectivity index (χ1v) is 8.54. The van der Waals surface area contributed by atoms with E-state index in [1.54, 1.807) is 15.6 Å². The van der Waals surface area contributed by atoms with E-state index in [9.17, 15) is 4.79 Å². The molecule has 2 aromatic heterocycles. The molecule has 0 saturated heterocycles. The number of rotatable bonds is 5. The van der Waals surface area contributed by atoms with Gasteiger partial charge in [-0.15, -0.1) is 0 Å². The Hall–Kier alpha value is -2.18. The SMILES string of the molecule is CN(CCc1ccc(Br)cc1)C(=O)c1cnn2ccc(CN)cc12. The lowest BCUT2D eigenvalue weighted by molar-refractivity contribution is 0.0798. The number of fused-ring (bicyclic) bond motifs is 1. The predicted octanol–water partition coefficient (Wildman–Crippen LogP) is 2.87. The van der Waals surface area contributed by atoms with Gasteiger partial charge >= 0.3 is 0 Å². The molecule has 0 unspecified atom stereocenters. The third-order valence-corrected chi connectivity index (χ3v) is 4.58. The zero-order chi connectivity index (χ0) is 17.1. The van der Waals surface area contributed by atoms with Crippen molar-refractivity contribution in [3.8, 4) is 0 Å². The third-order valence-electron chi connectivity index (χ3n) is 4.05. The van der Waals surface area contributed by atoms with Crippen LogP contribution in [0, 0.1) is 0 Å². The highest BCUT2D eigenvalue weighted by Gasteiger charge is 2.17. The maximum absolute atomic E-state index is 12.7. The Bertz CT molecular complexity index is 857.